The molecule has 1 aliphatic rings. The van der Waals surface area contributed by atoms with E-state index in [4.69, 9.17) is 4.74 Å². The Morgan fingerprint density at radius 1 is 1.14 bits per heavy atom. The van der Waals surface area contributed by atoms with Crippen molar-refractivity contribution in [3.8, 4) is 0 Å². The third-order valence-electron chi connectivity index (χ3n) is 4.68. The molecule has 0 bridgehead atoms. The molecule has 28 heavy (non-hydrogen) atoms. The van der Waals surface area contributed by atoms with Crippen molar-refractivity contribution in [2.75, 3.05) is 10.2 Å². The van der Waals surface area contributed by atoms with Gasteiger partial charge in [0.05, 0.1) is 17.8 Å². The Morgan fingerprint density at radius 3 is 2.50 bits per heavy atom. The van der Waals surface area contributed by atoms with Gasteiger partial charge < -0.3 is 10.1 Å². The van der Waals surface area contributed by atoms with Gasteiger partial charge in [0.25, 0.3) is 5.91 Å². The number of ether oxygens (including phenoxy) is 1. The molecule has 6 nitrogen and oxygen atoms in total. The monoisotopic (exact) mass is 384 g/mol. The number of fused-ring (bicyclic) bond motifs is 1. The minimum Gasteiger partial charge on any atom is -0.452 e. The van der Waals surface area contributed by atoms with E-state index in [0.29, 0.717) is 11.4 Å². The van der Waals surface area contributed by atoms with Crippen molar-refractivity contribution in [2.24, 2.45) is 0 Å². The minimum absolute atomic E-state index is 0.190. The van der Waals surface area contributed by atoms with Gasteiger partial charge in [-0.25, -0.2) is 4.39 Å². The molecule has 1 heterocycles. The number of rotatable bonds is 4. The van der Waals surface area contributed by atoms with Crippen LogP contribution >= 0.6 is 0 Å². The predicted octanol–water partition coefficient (Wildman–Crippen LogP) is 3.06. The van der Waals surface area contributed by atoms with Crippen molar-refractivity contribution < 1.29 is 23.5 Å². The topological polar surface area (TPSA) is 75.7 Å². The third kappa shape index (κ3) is 3.60. The average molecular weight is 384 g/mol. The highest BCUT2D eigenvalue weighted by Crippen LogP contribution is 2.37. The molecule has 0 aliphatic carbocycles. The smallest absolute Gasteiger partial charge is 0.311 e. The summed E-state index contributed by atoms with van der Waals surface area (Å²) in [4.78, 5) is 39.1. The summed E-state index contributed by atoms with van der Waals surface area (Å²) in [5.41, 5.74) is 0.0480. The van der Waals surface area contributed by atoms with Crippen LogP contribution in [-0.2, 0) is 25.5 Å². The van der Waals surface area contributed by atoms with Crippen molar-refractivity contribution >= 4 is 29.2 Å². The zero-order valence-corrected chi connectivity index (χ0v) is 15.9. The van der Waals surface area contributed by atoms with Crippen LogP contribution in [0.3, 0.4) is 0 Å². The summed E-state index contributed by atoms with van der Waals surface area (Å²) in [5.74, 6) is -2.11. The number of nitrogens with one attached hydrogen (secondary N) is 1. The first-order valence-electron chi connectivity index (χ1n) is 8.89. The molecule has 0 saturated carbocycles. The minimum atomic E-state index is -1.17. The largest absolute Gasteiger partial charge is 0.452 e. The number of carbonyl (C=O) groups is 3. The van der Waals surface area contributed by atoms with Crippen LogP contribution in [0.15, 0.2) is 48.5 Å². The second kappa shape index (κ2) is 7.42. The standard InChI is InChI=1S/C21H21FN2O4/c1-13(28-18(25)12-14-8-4-5-9-15(14)22)19(26)24-17-11-7-6-10-16(17)23-20(27)21(24,2)3/h4-11,13H,12H2,1-3H3,(H,23,27)/t13-/m0/s1. The predicted molar refractivity (Wildman–Crippen MR) is 102 cm³/mol. The number of carbonyl (C=O) groups excluding carboxylic acids is 3. The summed E-state index contributed by atoms with van der Waals surface area (Å²) in [5, 5.41) is 2.77. The lowest BCUT2D eigenvalue weighted by atomic mass is 9.95. The highest BCUT2D eigenvalue weighted by molar-refractivity contribution is 6.15. The summed E-state index contributed by atoms with van der Waals surface area (Å²) in [6, 6.07) is 12.8. The van der Waals surface area contributed by atoms with Crippen LogP contribution in [0, 0.1) is 5.82 Å². The van der Waals surface area contributed by atoms with Crippen molar-refractivity contribution in [2.45, 2.75) is 38.8 Å². The number of hydrogen-bond acceptors (Lipinski definition) is 4. The normalized spacial score (nSPS) is 16.0. The Bertz CT molecular complexity index is 942. The number of benzene rings is 2. The summed E-state index contributed by atoms with van der Waals surface area (Å²) >= 11 is 0. The van der Waals surface area contributed by atoms with E-state index >= 15 is 0 Å². The Kier molecular flexibility index (Phi) is 5.18. The highest BCUT2D eigenvalue weighted by atomic mass is 19.1. The van der Waals surface area contributed by atoms with E-state index in [1.54, 1.807) is 44.2 Å². The average Bonchev–Trinajstić information content (AvgIpc) is 2.64. The summed E-state index contributed by atoms with van der Waals surface area (Å²) < 4.78 is 19.0. The van der Waals surface area contributed by atoms with Gasteiger partial charge >= 0.3 is 5.97 Å². The molecular formula is C21H21FN2O4. The van der Waals surface area contributed by atoms with Crippen LogP contribution < -0.4 is 10.2 Å². The first-order valence-corrected chi connectivity index (χ1v) is 8.89. The van der Waals surface area contributed by atoms with Crippen molar-refractivity contribution in [1.29, 1.82) is 0 Å². The van der Waals surface area contributed by atoms with Gasteiger partial charge in [-0.3, -0.25) is 19.3 Å². The molecule has 2 aromatic carbocycles. The number of halogens is 1. The first-order chi connectivity index (χ1) is 13.2. The molecule has 0 spiro atoms. The molecule has 0 fully saturated rings. The molecule has 3 rings (SSSR count). The second-order valence-corrected chi connectivity index (χ2v) is 7.10. The van der Waals surface area contributed by atoms with Gasteiger partial charge in [-0.2, -0.15) is 0 Å². The molecule has 7 heteroatoms. The van der Waals surface area contributed by atoms with E-state index < -0.39 is 29.3 Å². The molecule has 0 unspecified atom stereocenters. The van der Waals surface area contributed by atoms with Gasteiger partial charge in [0, 0.05) is 0 Å². The first kappa shape index (κ1) is 19.5. The van der Waals surface area contributed by atoms with Gasteiger partial charge in [0.2, 0.25) is 5.91 Å². The van der Waals surface area contributed by atoms with Crippen molar-refractivity contribution in [1.82, 2.24) is 0 Å². The maximum Gasteiger partial charge on any atom is 0.311 e. The highest BCUT2D eigenvalue weighted by Gasteiger charge is 2.45. The zero-order valence-electron chi connectivity index (χ0n) is 15.9. The van der Waals surface area contributed by atoms with Crippen LogP contribution in [0.2, 0.25) is 0 Å². The number of anilines is 2. The maximum absolute atomic E-state index is 13.7. The molecule has 0 saturated heterocycles. The van der Waals surface area contributed by atoms with Gasteiger partial charge in [0.15, 0.2) is 6.10 Å². The zero-order chi connectivity index (χ0) is 20.5. The van der Waals surface area contributed by atoms with E-state index in [0.717, 1.165) is 0 Å². The van der Waals surface area contributed by atoms with Gasteiger partial charge in [0.1, 0.15) is 11.4 Å². The second-order valence-electron chi connectivity index (χ2n) is 7.10. The van der Waals surface area contributed by atoms with E-state index in [1.807, 2.05) is 0 Å². The molecule has 1 atom stereocenters. The lowest BCUT2D eigenvalue weighted by molar-refractivity contribution is -0.153. The van der Waals surface area contributed by atoms with E-state index in [2.05, 4.69) is 5.32 Å². The Hall–Kier alpha value is -3.22. The molecule has 2 amide bonds. The Balaban J connectivity index is 1.79. The van der Waals surface area contributed by atoms with E-state index in [1.165, 1.54) is 30.0 Å². The summed E-state index contributed by atoms with van der Waals surface area (Å²) in [7, 11) is 0. The molecule has 0 radical (unpaired) electrons. The molecule has 146 valence electrons. The lowest BCUT2D eigenvalue weighted by Crippen LogP contribution is -2.60. The van der Waals surface area contributed by atoms with Crippen LogP contribution in [-0.4, -0.2) is 29.4 Å². The fourth-order valence-corrected chi connectivity index (χ4v) is 3.11. The fourth-order valence-electron chi connectivity index (χ4n) is 3.11. The van der Waals surface area contributed by atoms with Crippen LogP contribution in [0.1, 0.15) is 26.3 Å². The summed E-state index contributed by atoms with van der Waals surface area (Å²) in [6.07, 6.45) is -1.43. The SMILES string of the molecule is C[C@H](OC(=O)Cc1ccccc1F)C(=O)N1c2ccccc2NC(=O)C1(C)C. The van der Waals surface area contributed by atoms with E-state index in [9.17, 15) is 18.8 Å². The molecule has 1 N–H and O–H groups in total. The molecule has 2 aromatic rings. The van der Waals surface area contributed by atoms with Gasteiger partial charge in [-0.15, -0.1) is 0 Å². The number of nitrogens with zero attached hydrogens (tertiary/aromatic N) is 1. The third-order valence-corrected chi connectivity index (χ3v) is 4.68. The molecule has 1 aliphatic heterocycles. The molecular weight excluding hydrogens is 363 g/mol. The Morgan fingerprint density at radius 2 is 1.79 bits per heavy atom. The van der Waals surface area contributed by atoms with Crippen LogP contribution in [0.5, 0.6) is 0 Å². The molecule has 0 aromatic heterocycles. The van der Waals surface area contributed by atoms with E-state index in [-0.39, 0.29) is 17.9 Å². The maximum atomic E-state index is 13.7. The van der Waals surface area contributed by atoms with Crippen LogP contribution in [0.25, 0.3) is 0 Å². The van der Waals surface area contributed by atoms with Crippen molar-refractivity contribution in [3.63, 3.8) is 0 Å². The fraction of sp³-hybridized carbons (Fsp3) is 0.286. The number of amides is 2. The van der Waals surface area contributed by atoms with Crippen LogP contribution in [0.4, 0.5) is 15.8 Å². The number of hydrogen-bond donors (Lipinski definition) is 1. The lowest BCUT2D eigenvalue weighted by Gasteiger charge is -2.42. The quantitative estimate of drug-likeness (QED) is 0.822. The van der Waals surface area contributed by atoms with Gasteiger partial charge in [-0.05, 0) is 44.5 Å². The van der Waals surface area contributed by atoms with Crippen molar-refractivity contribution in [3.05, 3.63) is 59.9 Å². The number of esters is 1. The van der Waals surface area contributed by atoms with Gasteiger partial charge in [-0.1, -0.05) is 30.3 Å². The number of para-hydroxylation sites is 2. The summed E-state index contributed by atoms with van der Waals surface area (Å²) in [6.45, 7) is 4.67. The Labute approximate surface area is 162 Å².